The number of nitrogens with two attached hydrogens (primary N) is 2. The molecule has 1 aromatic carbocycles. The Labute approximate surface area is 135 Å². The van der Waals surface area contributed by atoms with Crippen LogP contribution in [0.2, 0.25) is 0 Å². The smallest absolute Gasteiger partial charge is 0.395 e. The van der Waals surface area contributed by atoms with Crippen molar-refractivity contribution in [3.8, 4) is 11.5 Å². The van der Waals surface area contributed by atoms with Crippen LogP contribution in [-0.4, -0.2) is 28.8 Å². The lowest BCUT2D eigenvalue weighted by molar-refractivity contribution is 0.400. The zero-order valence-corrected chi connectivity index (χ0v) is 14.6. The van der Waals surface area contributed by atoms with Gasteiger partial charge < -0.3 is 19.0 Å². The van der Waals surface area contributed by atoms with Gasteiger partial charge >= 0.3 is 10.4 Å². The molecule has 0 spiro atoms. The Balaban J connectivity index is 2.71. The molecule has 0 aliphatic carbocycles. The van der Waals surface area contributed by atoms with Gasteiger partial charge in [0.2, 0.25) is 10.0 Å². The second-order valence-corrected chi connectivity index (χ2v) is 7.95. The van der Waals surface area contributed by atoms with Crippen LogP contribution in [0.25, 0.3) is 0 Å². The summed E-state index contributed by atoms with van der Waals surface area (Å²) in [5, 5.41) is 4.25. The van der Waals surface area contributed by atoms with Crippen molar-refractivity contribution < 1.29 is 25.2 Å². The first-order valence-corrected chi connectivity index (χ1v) is 9.81. The standard InChI is InChI=1S/C12H19N3O6S2/c1-4-10(22(14,16)17)15(5-2)8-6-9-11(13)7(3)12(8)21-23(18,19)20-9/h6,10H,4-5,13H2,1-3H3,(H2,14,16,17). The Morgan fingerprint density at radius 1 is 1.30 bits per heavy atom. The van der Waals surface area contributed by atoms with E-state index in [1.165, 1.54) is 11.0 Å². The molecule has 2 aliphatic heterocycles. The number of primary sulfonamides is 1. The predicted molar refractivity (Wildman–Crippen MR) is 86.0 cm³/mol. The molecule has 0 fully saturated rings. The molecular weight excluding hydrogens is 346 g/mol. The van der Waals surface area contributed by atoms with Crippen molar-refractivity contribution in [2.75, 3.05) is 17.2 Å². The Morgan fingerprint density at radius 3 is 2.39 bits per heavy atom. The molecule has 2 heterocycles. The van der Waals surface area contributed by atoms with Crippen LogP contribution in [0.5, 0.6) is 11.5 Å². The number of hydrogen-bond acceptors (Lipinski definition) is 8. The minimum absolute atomic E-state index is 0.0623. The average Bonchev–Trinajstić information content (AvgIpc) is 2.61. The highest BCUT2D eigenvalue weighted by Gasteiger charge is 2.35. The van der Waals surface area contributed by atoms with Gasteiger partial charge in [-0.25, -0.2) is 13.6 Å². The van der Waals surface area contributed by atoms with Gasteiger partial charge in [-0.1, -0.05) is 6.92 Å². The highest BCUT2D eigenvalue weighted by atomic mass is 32.3. The molecule has 3 rings (SSSR count). The summed E-state index contributed by atoms with van der Waals surface area (Å²) in [4.78, 5) is 1.45. The fourth-order valence-electron chi connectivity index (χ4n) is 2.54. The lowest BCUT2D eigenvalue weighted by Crippen LogP contribution is -2.44. The number of hydrogen-bond donors (Lipinski definition) is 2. The van der Waals surface area contributed by atoms with Crippen molar-refractivity contribution in [3.05, 3.63) is 11.6 Å². The number of sulfonamides is 1. The fraction of sp³-hybridized carbons (Fsp3) is 0.500. The first-order valence-electron chi connectivity index (χ1n) is 6.87. The maximum atomic E-state index is 11.8. The first kappa shape index (κ1) is 17.6. The molecule has 1 aromatic rings. The van der Waals surface area contributed by atoms with Crippen LogP contribution >= 0.6 is 0 Å². The van der Waals surface area contributed by atoms with Crippen LogP contribution < -0.4 is 24.1 Å². The van der Waals surface area contributed by atoms with Crippen molar-refractivity contribution in [3.63, 3.8) is 0 Å². The molecule has 0 saturated carbocycles. The van der Waals surface area contributed by atoms with Crippen LogP contribution in [0.3, 0.4) is 0 Å². The molecule has 11 heteroatoms. The van der Waals surface area contributed by atoms with Crippen LogP contribution in [0, 0.1) is 6.92 Å². The summed E-state index contributed by atoms with van der Waals surface area (Å²) in [6.07, 6.45) is 0.207. The second-order valence-electron chi connectivity index (χ2n) is 5.07. The number of benzene rings is 1. The minimum Gasteiger partial charge on any atom is -0.395 e. The van der Waals surface area contributed by atoms with Gasteiger partial charge in [-0.2, -0.15) is 0 Å². The normalized spacial score (nSPS) is 17.0. The summed E-state index contributed by atoms with van der Waals surface area (Å²) >= 11 is 0. The van der Waals surface area contributed by atoms with Gasteiger partial charge in [-0.15, -0.1) is 8.42 Å². The van der Waals surface area contributed by atoms with Gasteiger partial charge in [-0.3, -0.25) is 0 Å². The lowest BCUT2D eigenvalue weighted by Gasteiger charge is -2.31. The van der Waals surface area contributed by atoms with Gasteiger partial charge in [0, 0.05) is 18.2 Å². The van der Waals surface area contributed by atoms with E-state index in [0.717, 1.165) is 0 Å². The van der Waals surface area contributed by atoms with Crippen LogP contribution in [0.15, 0.2) is 6.07 Å². The van der Waals surface area contributed by atoms with Crippen molar-refractivity contribution in [1.82, 2.24) is 0 Å². The second kappa shape index (κ2) is 5.73. The SMILES string of the molecule is CCC(N(CC)c1cc2c(N)c(C)c1OS(=O)(=O)O2)S(N)(=O)=O. The summed E-state index contributed by atoms with van der Waals surface area (Å²) in [6, 6.07) is 1.35. The average molecular weight is 365 g/mol. The molecule has 130 valence electrons. The van der Waals surface area contributed by atoms with Crippen molar-refractivity contribution in [2.24, 2.45) is 5.14 Å². The van der Waals surface area contributed by atoms with Crippen molar-refractivity contribution >= 4 is 31.8 Å². The number of rotatable bonds is 5. The summed E-state index contributed by atoms with van der Waals surface area (Å²) in [5.74, 6) is -0.172. The highest BCUT2D eigenvalue weighted by Crippen LogP contribution is 2.46. The molecular formula is C12H19N3O6S2. The fourth-order valence-corrected chi connectivity index (χ4v) is 4.43. The Kier molecular flexibility index (Phi) is 4.39. The van der Waals surface area contributed by atoms with E-state index >= 15 is 0 Å². The largest absolute Gasteiger partial charge is 0.501 e. The van der Waals surface area contributed by atoms with E-state index in [2.05, 4.69) is 0 Å². The Bertz CT molecular complexity index is 835. The molecule has 1 unspecified atom stereocenters. The van der Waals surface area contributed by atoms with E-state index in [0.29, 0.717) is 5.56 Å². The third-order valence-electron chi connectivity index (χ3n) is 3.61. The maximum Gasteiger partial charge on any atom is 0.501 e. The summed E-state index contributed by atoms with van der Waals surface area (Å²) in [7, 11) is -8.21. The van der Waals surface area contributed by atoms with Gasteiger partial charge in [0.1, 0.15) is 5.37 Å². The first-order chi connectivity index (χ1) is 10.5. The third-order valence-corrected chi connectivity index (χ3v) is 5.71. The van der Waals surface area contributed by atoms with E-state index in [9.17, 15) is 16.8 Å². The molecule has 4 N–H and O–H groups in total. The maximum absolute atomic E-state index is 11.8. The number of fused-ring (bicyclic) bond motifs is 4. The van der Waals surface area contributed by atoms with Gasteiger partial charge in [0.25, 0.3) is 0 Å². The molecule has 0 radical (unpaired) electrons. The van der Waals surface area contributed by atoms with E-state index < -0.39 is 25.8 Å². The van der Waals surface area contributed by atoms with Crippen LogP contribution in [0.1, 0.15) is 25.8 Å². The lowest BCUT2D eigenvalue weighted by atomic mass is 10.1. The molecule has 23 heavy (non-hydrogen) atoms. The Morgan fingerprint density at radius 2 is 1.91 bits per heavy atom. The molecule has 2 aliphatic rings. The van der Waals surface area contributed by atoms with Gasteiger partial charge in [0.15, 0.2) is 11.5 Å². The number of nitrogen functional groups attached to an aromatic ring is 1. The van der Waals surface area contributed by atoms with Gasteiger partial charge in [0.05, 0.1) is 11.4 Å². The number of anilines is 2. The monoisotopic (exact) mass is 365 g/mol. The van der Waals surface area contributed by atoms with Crippen molar-refractivity contribution in [2.45, 2.75) is 32.6 Å². The molecule has 0 saturated heterocycles. The van der Waals surface area contributed by atoms with Crippen LogP contribution in [-0.2, 0) is 20.4 Å². The van der Waals surface area contributed by atoms with Crippen molar-refractivity contribution in [1.29, 1.82) is 0 Å². The van der Waals surface area contributed by atoms with E-state index in [1.807, 2.05) is 0 Å². The molecule has 1 atom stereocenters. The van der Waals surface area contributed by atoms with E-state index in [-0.39, 0.29) is 35.8 Å². The van der Waals surface area contributed by atoms with Crippen LogP contribution in [0.4, 0.5) is 11.4 Å². The van der Waals surface area contributed by atoms with E-state index in [4.69, 9.17) is 19.2 Å². The highest BCUT2D eigenvalue weighted by molar-refractivity contribution is 7.89. The Hall–Kier alpha value is -1.72. The quantitative estimate of drug-likeness (QED) is 0.716. The number of nitrogens with zero attached hydrogens (tertiary/aromatic N) is 1. The summed E-state index contributed by atoms with van der Waals surface area (Å²) < 4.78 is 56.9. The zero-order chi connectivity index (χ0) is 17.6. The minimum atomic E-state index is -4.32. The topological polar surface area (TPSA) is 142 Å². The van der Waals surface area contributed by atoms with E-state index in [1.54, 1.807) is 20.8 Å². The molecule has 9 nitrogen and oxygen atoms in total. The molecule has 0 aromatic heterocycles. The zero-order valence-electron chi connectivity index (χ0n) is 12.9. The molecule has 2 bridgehead atoms. The summed E-state index contributed by atoms with van der Waals surface area (Å²) in [5.41, 5.74) is 6.54. The summed E-state index contributed by atoms with van der Waals surface area (Å²) in [6.45, 7) is 5.20. The third kappa shape index (κ3) is 3.16. The van der Waals surface area contributed by atoms with Gasteiger partial charge in [-0.05, 0) is 20.3 Å². The predicted octanol–water partition coefficient (Wildman–Crippen LogP) is 0.444. The molecule has 0 amide bonds.